The molecule has 0 fully saturated rings. The second kappa shape index (κ2) is 5.73. The molecule has 0 bridgehead atoms. The summed E-state index contributed by atoms with van der Waals surface area (Å²) in [4.78, 5) is 11.7. The molecule has 104 valence electrons. The largest absolute Gasteiger partial charge is 0.348 e. The van der Waals surface area contributed by atoms with Crippen molar-refractivity contribution in [1.82, 2.24) is 5.32 Å². The summed E-state index contributed by atoms with van der Waals surface area (Å²) in [7, 11) is 0. The van der Waals surface area contributed by atoms with E-state index in [-0.39, 0.29) is 17.7 Å². The quantitative estimate of drug-likeness (QED) is 0.861. The molecule has 0 aliphatic heterocycles. The average molecular weight is 283 g/mol. The fraction of sp³-hybridized carbons (Fsp3) is 0.0714. The van der Waals surface area contributed by atoms with Crippen LogP contribution < -0.4 is 5.32 Å². The number of rotatable bonds is 3. The van der Waals surface area contributed by atoms with E-state index in [2.05, 4.69) is 5.32 Å². The van der Waals surface area contributed by atoms with Gasteiger partial charge in [-0.2, -0.15) is 0 Å². The SMILES string of the molecule is O=C(NCc1cc(F)ccc1F)c1ccc(F)c(F)c1. The van der Waals surface area contributed by atoms with E-state index in [1.165, 1.54) is 0 Å². The number of carbonyl (C=O) groups excluding carboxylic acids is 1. The summed E-state index contributed by atoms with van der Waals surface area (Å²) < 4.78 is 51.9. The van der Waals surface area contributed by atoms with E-state index in [9.17, 15) is 22.4 Å². The fourth-order valence-corrected chi connectivity index (χ4v) is 1.59. The third-order valence-electron chi connectivity index (χ3n) is 2.63. The van der Waals surface area contributed by atoms with Gasteiger partial charge in [0.2, 0.25) is 0 Å². The topological polar surface area (TPSA) is 29.1 Å². The summed E-state index contributed by atoms with van der Waals surface area (Å²) in [6, 6.07) is 5.47. The Morgan fingerprint density at radius 2 is 1.60 bits per heavy atom. The first-order valence-corrected chi connectivity index (χ1v) is 5.64. The van der Waals surface area contributed by atoms with E-state index in [0.29, 0.717) is 0 Å². The molecule has 6 heteroatoms. The van der Waals surface area contributed by atoms with Gasteiger partial charge in [0, 0.05) is 17.7 Å². The molecule has 0 saturated carbocycles. The van der Waals surface area contributed by atoms with Gasteiger partial charge < -0.3 is 5.32 Å². The molecule has 0 aliphatic carbocycles. The molecule has 2 nitrogen and oxygen atoms in total. The van der Waals surface area contributed by atoms with Gasteiger partial charge in [-0.1, -0.05) is 0 Å². The van der Waals surface area contributed by atoms with Crippen molar-refractivity contribution in [2.45, 2.75) is 6.54 Å². The predicted molar refractivity (Wildman–Crippen MR) is 63.9 cm³/mol. The lowest BCUT2D eigenvalue weighted by Gasteiger charge is -2.07. The van der Waals surface area contributed by atoms with Gasteiger partial charge in [0.15, 0.2) is 11.6 Å². The summed E-state index contributed by atoms with van der Waals surface area (Å²) in [5, 5.41) is 2.30. The molecule has 0 radical (unpaired) electrons. The summed E-state index contributed by atoms with van der Waals surface area (Å²) in [5.41, 5.74) is -0.151. The third kappa shape index (κ3) is 3.14. The van der Waals surface area contributed by atoms with Crippen molar-refractivity contribution in [3.63, 3.8) is 0 Å². The summed E-state index contributed by atoms with van der Waals surface area (Å²) >= 11 is 0. The molecular weight excluding hydrogens is 274 g/mol. The molecule has 0 heterocycles. The molecule has 2 rings (SSSR count). The first kappa shape index (κ1) is 14.0. The molecule has 0 atom stereocenters. The molecule has 0 spiro atoms. The summed E-state index contributed by atoms with van der Waals surface area (Å²) in [6.07, 6.45) is 0. The van der Waals surface area contributed by atoms with Crippen molar-refractivity contribution in [3.8, 4) is 0 Å². The molecule has 0 aromatic heterocycles. The highest BCUT2D eigenvalue weighted by molar-refractivity contribution is 5.94. The molecule has 0 saturated heterocycles. The van der Waals surface area contributed by atoms with E-state index < -0.39 is 29.2 Å². The number of hydrogen-bond donors (Lipinski definition) is 1. The molecule has 1 amide bonds. The predicted octanol–water partition coefficient (Wildman–Crippen LogP) is 3.17. The molecule has 20 heavy (non-hydrogen) atoms. The molecule has 1 N–H and O–H groups in total. The van der Waals surface area contributed by atoms with E-state index in [1.807, 2.05) is 0 Å². The lowest BCUT2D eigenvalue weighted by Crippen LogP contribution is -2.23. The maximum Gasteiger partial charge on any atom is 0.251 e. The van der Waals surface area contributed by atoms with Crippen molar-refractivity contribution in [2.75, 3.05) is 0 Å². The maximum atomic E-state index is 13.3. The van der Waals surface area contributed by atoms with Crippen LogP contribution in [0.15, 0.2) is 36.4 Å². The summed E-state index contributed by atoms with van der Waals surface area (Å²) in [5.74, 6) is -4.25. The van der Waals surface area contributed by atoms with Crippen molar-refractivity contribution < 1.29 is 22.4 Å². The molecule has 0 aliphatic rings. The fourth-order valence-electron chi connectivity index (χ4n) is 1.59. The number of amides is 1. The van der Waals surface area contributed by atoms with E-state index >= 15 is 0 Å². The molecule has 0 unspecified atom stereocenters. The van der Waals surface area contributed by atoms with Crippen molar-refractivity contribution in [3.05, 3.63) is 70.8 Å². The Labute approximate surface area is 112 Å². The monoisotopic (exact) mass is 283 g/mol. The molecule has 2 aromatic rings. The van der Waals surface area contributed by atoms with Crippen molar-refractivity contribution >= 4 is 5.91 Å². The lowest BCUT2D eigenvalue weighted by molar-refractivity contribution is 0.0950. The smallest absolute Gasteiger partial charge is 0.251 e. The molecule has 2 aromatic carbocycles. The van der Waals surface area contributed by atoms with Crippen LogP contribution in [0.3, 0.4) is 0 Å². The van der Waals surface area contributed by atoms with Crippen LogP contribution in [0.5, 0.6) is 0 Å². The summed E-state index contributed by atoms with van der Waals surface area (Å²) in [6.45, 7) is -0.262. The third-order valence-corrected chi connectivity index (χ3v) is 2.63. The van der Waals surface area contributed by atoms with Crippen LogP contribution in [0.1, 0.15) is 15.9 Å². The van der Waals surface area contributed by atoms with Crippen LogP contribution in [0.4, 0.5) is 17.6 Å². The minimum Gasteiger partial charge on any atom is -0.348 e. The van der Waals surface area contributed by atoms with Gasteiger partial charge in [-0.05, 0) is 36.4 Å². The second-order valence-corrected chi connectivity index (χ2v) is 4.05. The second-order valence-electron chi connectivity index (χ2n) is 4.05. The minimum absolute atomic E-state index is 0.0408. The Balaban J connectivity index is 2.08. The van der Waals surface area contributed by atoms with Gasteiger partial charge >= 0.3 is 0 Å². The molecular formula is C14H9F4NO. The lowest BCUT2D eigenvalue weighted by atomic mass is 10.1. The highest BCUT2D eigenvalue weighted by Crippen LogP contribution is 2.11. The van der Waals surface area contributed by atoms with Crippen LogP contribution in [-0.4, -0.2) is 5.91 Å². The Bertz CT molecular complexity index is 658. The van der Waals surface area contributed by atoms with Gasteiger partial charge in [0.1, 0.15) is 11.6 Å². The average Bonchev–Trinajstić information content (AvgIpc) is 2.42. The maximum absolute atomic E-state index is 13.3. The Morgan fingerprint density at radius 3 is 2.30 bits per heavy atom. The number of halogens is 4. The first-order valence-electron chi connectivity index (χ1n) is 5.64. The van der Waals surface area contributed by atoms with E-state index in [4.69, 9.17) is 0 Å². The number of carbonyl (C=O) groups is 1. The van der Waals surface area contributed by atoms with Gasteiger partial charge in [0.25, 0.3) is 5.91 Å². The first-order chi connectivity index (χ1) is 9.47. The zero-order valence-corrected chi connectivity index (χ0v) is 10.1. The van der Waals surface area contributed by atoms with Gasteiger partial charge in [-0.15, -0.1) is 0 Å². The Kier molecular flexibility index (Phi) is 4.02. The van der Waals surface area contributed by atoms with Crippen LogP contribution >= 0.6 is 0 Å². The number of benzene rings is 2. The Morgan fingerprint density at radius 1 is 0.900 bits per heavy atom. The van der Waals surface area contributed by atoms with Crippen LogP contribution in [0.2, 0.25) is 0 Å². The number of nitrogens with one attached hydrogen (secondary N) is 1. The standard InChI is InChI=1S/C14H9F4NO/c15-10-2-4-11(16)9(5-10)7-19-14(20)8-1-3-12(17)13(18)6-8/h1-6H,7H2,(H,19,20). The zero-order chi connectivity index (χ0) is 14.7. The highest BCUT2D eigenvalue weighted by atomic mass is 19.2. The van der Waals surface area contributed by atoms with E-state index in [1.54, 1.807) is 0 Å². The van der Waals surface area contributed by atoms with Crippen molar-refractivity contribution in [2.24, 2.45) is 0 Å². The highest BCUT2D eigenvalue weighted by Gasteiger charge is 2.11. The zero-order valence-electron chi connectivity index (χ0n) is 10.1. The van der Waals surface area contributed by atoms with Gasteiger partial charge in [0.05, 0.1) is 0 Å². The van der Waals surface area contributed by atoms with Gasteiger partial charge in [-0.25, -0.2) is 17.6 Å². The van der Waals surface area contributed by atoms with Gasteiger partial charge in [-0.3, -0.25) is 4.79 Å². The minimum atomic E-state index is -1.16. The number of hydrogen-bond acceptors (Lipinski definition) is 1. The van der Waals surface area contributed by atoms with E-state index in [0.717, 1.165) is 36.4 Å². The Hall–Kier alpha value is -2.37. The van der Waals surface area contributed by atoms with Crippen LogP contribution in [0.25, 0.3) is 0 Å². The normalized spacial score (nSPS) is 10.4. The van der Waals surface area contributed by atoms with Crippen molar-refractivity contribution in [1.29, 1.82) is 0 Å². The van der Waals surface area contributed by atoms with Crippen LogP contribution in [0, 0.1) is 23.3 Å². The van der Waals surface area contributed by atoms with Crippen LogP contribution in [-0.2, 0) is 6.54 Å².